The lowest BCUT2D eigenvalue weighted by molar-refractivity contribution is 0.0625. The number of nitrogens with one attached hydrogen (secondary N) is 1. The van der Waals surface area contributed by atoms with Gasteiger partial charge in [-0.15, -0.1) is 0 Å². The van der Waals surface area contributed by atoms with Crippen LogP contribution in [0.15, 0.2) is 24.5 Å². The average Bonchev–Trinajstić information content (AvgIpc) is 2.20. The summed E-state index contributed by atoms with van der Waals surface area (Å²) in [6.07, 6.45) is 3.91. The molecule has 1 aromatic heterocycles. The highest BCUT2D eigenvalue weighted by molar-refractivity contribution is 5.13. The molecule has 0 bridgehead atoms. The lowest BCUT2D eigenvalue weighted by Crippen LogP contribution is -2.23. The molecule has 0 aliphatic heterocycles. The summed E-state index contributed by atoms with van der Waals surface area (Å²) in [6, 6.07) is 4.22. The van der Waals surface area contributed by atoms with Crippen LogP contribution in [0.25, 0.3) is 0 Å². The van der Waals surface area contributed by atoms with Gasteiger partial charge in [0.1, 0.15) is 0 Å². The van der Waals surface area contributed by atoms with E-state index in [-0.39, 0.29) is 12.1 Å². The topological polar surface area (TPSA) is 34.1 Å². The van der Waals surface area contributed by atoms with E-state index in [2.05, 4.69) is 16.4 Å². The molecule has 3 nitrogen and oxygen atoms in total. The molecule has 0 spiro atoms. The van der Waals surface area contributed by atoms with Crippen molar-refractivity contribution in [3.05, 3.63) is 30.1 Å². The quantitative estimate of drug-likeness (QED) is 0.775. The lowest BCUT2D eigenvalue weighted by atomic mass is 10.1. The van der Waals surface area contributed by atoms with Crippen LogP contribution in [-0.4, -0.2) is 24.7 Å². The van der Waals surface area contributed by atoms with Gasteiger partial charge in [0.25, 0.3) is 0 Å². The summed E-state index contributed by atoms with van der Waals surface area (Å²) in [6.45, 7) is 4.76. The van der Waals surface area contributed by atoms with E-state index in [1.54, 1.807) is 6.20 Å². The minimum Gasteiger partial charge on any atom is -0.377 e. The molecule has 0 saturated heterocycles. The van der Waals surface area contributed by atoms with Crippen LogP contribution >= 0.6 is 0 Å². The molecule has 0 radical (unpaired) electrons. The molecule has 1 N–H and O–H groups in total. The van der Waals surface area contributed by atoms with Gasteiger partial charge in [-0.2, -0.15) is 0 Å². The van der Waals surface area contributed by atoms with E-state index in [1.807, 2.05) is 33.2 Å². The van der Waals surface area contributed by atoms with E-state index >= 15 is 0 Å². The largest absolute Gasteiger partial charge is 0.377 e. The smallest absolute Gasteiger partial charge is 0.0665 e. The molecule has 1 atom stereocenters. The van der Waals surface area contributed by atoms with Gasteiger partial charge in [-0.1, -0.05) is 6.07 Å². The summed E-state index contributed by atoms with van der Waals surface area (Å²) in [5.41, 5.74) is 1.16. The molecule has 1 heterocycles. The molecular formula is C11H18N2O. The van der Waals surface area contributed by atoms with Crippen LogP contribution in [0.2, 0.25) is 0 Å². The number of nitrogens with zero attached hydrogens (tertiary/aromatic N) is 1. The van der Waals surface area contributed by atoms with Gasteiger partial charge in [0.15, 0.2) is 0 Å². The normalized spacial score (nSPS) is 13.1. The standard InChI is InChI=1S/C11H18N2O/c1-9(2)14-8-11(12-3)10-5-4-6-13-7-10/h4-7,9,11-12H,8H2,1-3H3. The second-order valence-electron chi connectivity index (χ2n) is 3.51. The highest BCUT2D eigenvalue weighted by Gasteiger charge is 2.09. The fourth-order valence-electron chi connectivity index (χ4n) is 1.22. The molecule has 0 amide bonds. The first-order valence-electron chi connectivity index (χ1n) is 4.93. The molecular weight excluding hydrogens is 176 g/mol. The highest BCUT2D eigenvalue weighted by atomic mass is 16.5. The number of hydrogen-bond donors (Lipinski definition) is 1. The number of ether oxygens (including phenoxy) is 1. The van der Waals surface area contributed by atoms with Gasteiger partial charge in [-0.3, -0.25) is 4.98 Å². The third-order valence-electron chi connectivity index (χ3n) is 2.03. The first-order chi connectivity index (χ1) is 6.74. The van der Waals surface area contributed by atoms with Crippen molar-refractivity contribution in [2.75, 3.05) is 13.7 Å². The summed E-state index contributed by atoms with van der Waals surface area (Å²) in [7, 11) is 1.93. The van der Waals surface area contributed by atoms with Crippen molar-refractivity contribution < 1.29 is 4.74 Å². The first-order valence-corrected chi connectivity index (χ1v) is 4.93. The molecule has 14 heavy (non-hydrogen) atoms. The van der Waals surface area contributed by atoms with Crippen molar-refractivity contribution in [1.29, 1.82) is 0 Å². The van der Waals surface area contributed by atoms with Gasteiger partial charge >= 0.3 is 0 Å². The number of rotatable bonds is 5. The Kier molecular flexibility index (Phi) is 4.56. The van der Waals surface area contributed by atoms with Crippen LogP contribution < -0.4 is 5.32 Å². The van der Waals surface area contributed by atoms with E-state index in [0.717, 1.165) is 5.56 Å². The Bertz CT molecular complexity index is 249. The SMILES string of the molecule is CNC(COC(C)C)c1cccnc1. The van der Waals surface area contributed by atoms with Crippen LogP contribution in [-0.2, 0) is 4.74 Å². The second kappa shape index (κ2) is 5.73. The Morgan fingerprint density at radius 1 is 1.50 bits per heavy atom. The highest BCUT2D eigenvalue weighted by Crippen LogP contribution is 2.11. The fourth-order valence-corrected chi connectivity index (χ4v) is 1.22. The van der Waals surface area contributed by atoms with Crippen molar-refractivity contribution in [1.82, 2.24) is 10.3 Å². The maximum absolute atomic E-state index is 5.56. The molecule has 0 aromatic carbocycles. The van der Waals surface area contributed by atoms with E-state index in [1.165, 1.54) is 0 Å². The molecule has 0 aliphatic rings. The Hall–Kier alpha value is -0.930. The lowest BCUT2D eigenvalue weighted by Gasteiger charge is -2.17. The van der Waals surface area contributed by atoms with Crippen LogP contribution in [0, 0.1) is 0 Å². The predicted molar refractivity (Wildman–Crippen MR) is 57.1 cm³/mol. The van der Waals surface area contributed by atoms with Gasteiger partial charge in [0.05, 0.1) is 18.8 Å². The van der Waals surface area contributed by atoms with Gasteiger partial charge in [-0.25, -0.2) is 0 Å². The Labute approximate surface area is 85.5 Å². The summed E-state index contributed by atoms with van der Waals surface area (Å²) in [4.78, 5) is 4.09. The van der Waals surface area contributed by atoms with Gasteiger partial charge in [-0.05, 0) is 32.5 Å². The molecule has 0 fully saturated rings. The van der Waals surface area contributed by atoms with E-state index in [0.29, 0.717) is 6.61 Å². The number of hydrogen-bond acceptors (Lipinski definition) is 3. The number of aromatic nitrogens is 1. The summed E-state index contributed by atoms with van der Waals surface area (Å²) < 4.78 is 5.56. The minimum absolute atomic E-state index is 0.228. The second-order valence-corrected chi connectivity index (χ2v) is 3.51. The number of pyridine rings is 1. The maximum atomic E-state index is 5.56. The van der Waals surface area contributed by atoms with Crippen LogP contribution in [0.1, 0.15) is 25.5 Å². The predicted octanol–water partition coefficient (Wildman–Crippen LogP) is 1.77. The molecule has 3 heteroatoms. The number of likely N-dealkylation sites (N-methyl/N-ethyl adjacent to an activating group) is 1. The Morgan fingerprint density at radius 2 is 2.29 bits per heavy atom. The monoisotopic (exact) mass is 194 g/mol. The zero-order valence-electron chi connectivity index (χ0n) is 9.03. The van der Waals surface area contributed by atoms with E-state index < -0.39 is 0 Å². The molecule has 1 rings (SSSR count). The van der Waals surface area contributed by atoms with Crippen LogP contribution in [0.3, 0.4) is 0 Å². The maximum Gasteiger partial charge on any atom is 0.0665 e. The molecule has 1 aromatic rings. The molecule has 1 unspecified atom stereocenters. The third-order valence-corrected chi connectivity index (χ3v) is 2.03. The van der Waals surface area contributed by atoms with Gasteiger partial charge in [0, 0.05) is 12.4 Å². The van der Waals surface area contributed by atoms with Crippen molar-refractivity contribution >= 4 is 0 Å². The molecule has 0 saturated carbocycles. The Morgan fingerprint density at radius 3 is 2.79 bits per heavy atom. The summed E-state index contributed by atoms with van der Waals surface area (Å²) >= 11 is 0. The molecule has 78 valence electrons. The van der Waals surface area contributed by atoms with Crippen LogP contribution in [0.5, 0.6) is 0 Å². The Balaban J connectivity index is 2.54. The van der Waals surface area contributed by atoms with Gasteiger partial charge < -0.3 is 10.1 Å². The average molecular weight is 194 g/mol. The molecule has 0 aliphatic carbocycles. The van der Waals surface area contributed by atoms with Crippen molar-refractivity contribution in [2.24, 2.45) is 0 Å². The van der Waals surface area contributed by atoms with Crippen molar-refractivity contribution in [2.45, 2.75) is 26.0 Å². The third kappa shape index (κ3) is 3.44. The first kappa shape index (κ1) is 11.1. The zero-order chi connectivity index (χ0) is 10.4. The van der Waals surface area contributed by atoms with E-state index in [9.17, 15) is 0 Å². The summed E-state index contributed by atoms with van der Waals surface area (Å²) in [5.74, 6) is 0. The summed E-state index contributed by atoms with van der Waals surface area (Å²) in [5, 5.41) is 3.21. The van der Waals surface area contributed by atoms with E-state index in [4.69, 9.17) is 4.74 Å². The van der Waals surface area contributed by atoms with Crippen molar-refractivity contribution in [3.8, 4) is 0 Å². The van der Waals surface area contributed by atoms with Crippen molar-refractivity contribution in [3.63, 3.8) is 0 Å². The zero-order valence-corrected chi connectivity index (χ0v) is 9.03. The van der Waals surface area contributed by atoms with Gasteiger partial charge in [0.2, 0.25) is 0 Å². The van der Waals surface area contributed by atoms with Crippen LogP contribution in [0.4, 0.5) is 0 Å². The fraction of sp³-hybridized carbons (Fsp3) is 0.545. The minimum atomic E-state index is 0.228.